The first kappa shape index (κ1) is 24.2. The molecule has 1 aromatic heterocycles. The van der Waals surface area contributed by atoms with Crippen LogP contribution >= 0.6 is 23.5 Å². The molecule has 1 atom stereocenters. The quantitative estimate of drug-likeness (QED) is 0.343. The molecule has 7 heteroatoms. The van der Waals surface area contributed by atoms with Crippen LogP contribution in [-0.2, 0) is 17.6 Å². The number of likely N-dealkylation sites (tertiary alicyclic amines) is 1. The molecule has 1 saturated heterocycles. The summed E-state index contributed by atoms with van der Waals surface area (Å²) in [7, 11) is 0. The van der Waals surface area contributed by atoms with Crippen LogP contribution in [-0.4, -0.2) is 44.5 Å². The second-order valence-corrected chi connectivity index (χ2v) is 12.0. The maximum absolute atomic E-state index is 13.4. The lowest BCUT2D eigenvalue weighted by Crippen LogP contribution is -2.40. The van der Waals surface area contributed by atoms with E-state index in [1.165, 1.54) is 17.3 Å². The molecule has 182 valence electrons. The fraction of sp³-hybridized carbons (Fsp3) is 0.393. The van der Waals surface area contributed by atoms with Crippen LogP contribution in [0.1, 0.15) is 36.6 Å². The minimum absolute atomic E-state index is 0.0233. The Hall–Kier alpha value is -2.51. The Balaban J connectivity index is 1.27. The van der Waals surface area contributed by atoms with Gasteiger partial charge in [-0.3, -0.25) is 14.2 Å². The van der Waals surface area contributed by atoms with Gasteiger partial charge >= 0.3 is 0 Å². The summed E-state index contributed by atoms with van der Waals surface area (Å²) in [6.45, 7) is 5.75. The van der Waals surface area contributed by atoms with Crippen molar-refractivity contribution in [2.24, 2.45) is 5.92 Å². The predicted molar refractivity (Wildman–Crippen MR) is 144 cm³/mol. The van der Waals surface area contributed by atoms with E-state index in [1.54, 1.807) is 16.3 Å². The van der Waals surface area contributed by atoms with Crippen LogP contribution in [0.25, 0.3) is 5.69 Å². The number of nitrogens with zero attached hydrogens (tertiary/aromatic N) is 3. The number of piperidine rings is 1. The molecule has 5 rings (SSSR count). The standard InChI is InChI=1S/C28H31N3O2S2/c1-19-8-10-23(11-9-19)31-27(33)26-24(16-20(2)35-26)29-28(31)34-18-25(32)30-14-12-22(13-15-30)17-21-6-4-3-5-7-21/h3-11,20,22H,12-18H2,1-2H3. The first-order valence-electron chi connectivity index (χ1n) is 12.3. The second kappa shape index (κ2) is 10.6. The summed E-state index contributed by atoms with van der Waals surface area (Å²) in [6, 6.07) is 18.5. The number of thioether (sulfide) groups is 2. The summed E-state index contributed by atoms with van der Waals surface area (Å²) in [5.74, 6) is 1.04. The average molecular weight is 506 g/mol. The molecule has 1 amide bonds. The summed E-state index contributed by atoms with van der Waals surface area (Å²) in [4.78, 5) is 34.1. The van der Waals surface area contributed by atoms with Gasteiger partial charge in [-0.1, -0.05) is 66.7 Å². The van der Waals surface area contributed by atoms with E-state index in [2.05, 4.69) is 37.3 Å². The van der Waals surface area contributed by atoms with E-state index >= 15 is 0 Å². The number of hydrogen-bond donors (Lipinski definition) is 0. The predicted octanol–water partition coefficient (Wildman–Crippen LogP) is 5.15. The van der Waals surface area contributed by atoms with Gasteiger partial charge in [0.05, 0.1) is 22.0 Å². The highest BCUT2D eigenvalue weighted by molar-refractivity contribution is 8.00. The number of aryl methyl sites for hydroxylation is 1. The topological polar surface area (TPSA) is 55.2 Å². The zero-order chi connectivity index (χ0) is 24.4. The third kappa shape index (κ3) is 5.51. The van der Waals surface area contributed by atoms with Crippen LogP contribution in [0.15, 0.2) is 69.4 Å². The molecule has 0 radical (unpaired) electrons. The van der Waals surface area contributed by atoms with E-state index in [0.29, 0.717) is 22.1 Å². The van der Waals surface area contributed by atoms with Crippen LogP contribution < -0.4 is 5.56 Å². The van der Waals surface area contributed by atoms with Crippen molar-refractivity contribution in [2.75, 3.05) is 18.8 Å². The number of amides is 1. The highest BCUT2D eigenvalue weighted by atomic mass is 32.2. The monoisotopic (exact) mass is 505 g/mol. The highest BCUT2D eigenvalue weighted by Crippen LogP contribution is 2.35. The van der Waals surface area contributed by atoms with Gasteiger partial charge in [0.25, 0.3) is 5.56 Å². The fourth-order valence-electron chi connectivity index (χ4n) is 4.87. The Bertz CT molecular complexity index is 1250. The number of benzene rings is 2. The summed E-state index contributed by atoms with van der Waals surface area (Å²) in [6.07, 6.45) is 3.94. The molecule has 0 N–H and O–H groups in total. The number of hydrogen-bond acceptors (Lipinski definition) is 5. The van der Waals surface area contributed by atoms with Crippen LogP contribution in [0.5, 0.6) is 0 Å². The molecular weight excluding hydrogens is 474 g/mol. The van der Waals surface area contributed by atoms with Gasteiger partial charge in [-0.2, -0.15) is 0 Å². The number of aromatic nitrogens is 2. The lowest BCUT2D eigenvalue weighted by atomic mass is 9.90. The molecule has 0 spiro atoms. The van der Waals surface area contributed by atoms with Crippen molar-refractivity contribution < 1.29 is 4.79 Å². The molecule has 3 aromatic rings. The number of carbonyl (C=O) groups is 1. The maximum Gasteiger partial charge on any atom is 0.272 e. The van der Waals surface area contributed by atoms with Gasteiger partial charge in [0, 0.05) is 24.8 Å². The summed E-state index contributed by atoms with van der Waals surface area (Å²) in [5.41, 5.74) is 4.15. The van der Waals surface area contributed by atoms with Gasteiger partial charge in [-0.05, 0) is 49.8 Å². The van der Waals surface area contributed by atoms with Crippen molar-refractivity contribution in [2.45, 2.75) is 54.8 Å². The Labute approximate surface area is 215 Å². The third-order valence-electron chi connectivity index (χ3n) is 6.83. The molecule has 2 aromatic carbocycles. The van der Waals surface area contributed by atoms with Crippen molar-refractivity contribution in [1.82, 2.24) is 14.5 Å². The minimum atomic E-state index is -0.0233. The Morgan fingerprint density at radius 2 is 1.80 bits per heavy atom. The lowest BCUT2D eigenvalue weighted by Gasteiger charge is -2.32. The van der Waals surface area contributed by atoms with E-state index in [-0.39, 0.29) is 11.5 Å². The molecule has 2 aliphatic rings. The normalized spacial score (nSPS) is 18.0. The van der Waals surface area contributed by atoms with Crippen molar-refractivity contribution >= 4 is 29.4 Å². The summed E-state index contributed by atoms with van der Waals surface area (Å²) in [5, 5.41) is 0.954. The van der Waals surface area contributed by atoms with Crippen LogP contribution in [0, 0.1) is 12.8 Å². The van der Waals surface area contributed by atoms with Crippen molar-refractivity contribution in [3.05, 3.63) is 81.8 Å². The molecule has 0 bridgehead atoms. The van der Waals surface area contributed by atoms with Gasteiger partial charge in [0.15, 0.2) is 5.16 Å². The SMILES string of the molecule is Cc1ccc(-n2c(SCC(=O)N3CCC(Cc4ccccc4)CC3)nc3c(c2=O)SC(C)C3)cc1. The van der Waals surface area contributed by atoms with E-state index in [4.69, 9.17) is 4.98 Å². The molecule has 1 unspecified atom stereocenters. The minimum Gasteiger partial charge on any atom is -0.342 e. The Kier molecular flexibility index (Phi) is 7.35. The highest BCUT2D eigenvalue weighted by Gasteiger charge is 2.28. The molecule has 2 aliphatic heterocycles. The van der Waals surface area contributed by atoms with Crippen molar-refractivity contribution in [1.29, 1.82) is 0 Å². The maximum atomic E-state index is 13.4. The van der Waals surface area contributed by atoms with Crippen LogP contribution in [0.2, 0.25) is 0 Å². The van der Waals surface area contributed by atoms with E-state index in [1.807, 2.05) is 36.1 Å². The van der Waals surface area contributed by atoms with Gasteiger partial charge in [0.2, 0.25) is 5.91 Å². The molecule has 1 fully saturated rings. The fourth-order valence-corrected chi connectivity index (χ4v) is 6.90. The lowest BCUT2D eigenvalue weighted by molar-refractivity contribution is -0.129. The van der Waals surface area contributed by atoms with Crippen molar-refractivity contribution in [3.8, 4) is 5.69 Å². The molecule has 0 saturated carbocycles. The molecular formula is C28H31N3O2S2. The van der Waals surface area contributed by atoms with Gasteiger partial charge in [-0.25, -0.2) is 4.98 Å². The molecule has 35 heavy (non-hydrogen) atoms. The molecule has 3 heterocycles. The van der Waals surface area contributed by atoms with E-state index < -0.39 is 0 Å². The Morgan fingerprint density at radius 1 is 1.09 bits per heavy atom. The number of rotatable bonds is 6. The number of carbonyl (C=O) groups excluding carboxylic acids is 1. The van der Waals surface area contributed by atoms with E-state index in [9.17, 15) is 9.59 Å². The largest absolute Gasteiger partial charge is 0.342 e. The van der Waals surface area contributed by atoms with Crippen LogP contribution in [0.3, 0.4) is 0 Å². The summed E-state index contributed by atoms with van der Waals surface area (Å²) >= 11 is 2.99. The Morgan fingerprint density at radius 3 is 2.51 bits per heavy atom. The van der Waals surface area contributed by atoms with Gasteiger partial charge < -0.3 is 4.90 Å². The smallest absolute Gasteiger partial charge is 0.272 e. The third-order valence-corrected chi connectivity index (χ3v) is 8.97. The molecule has 0 aliphatic carbocycles. The van der Waals surface area contributed by atoms with Gasteiger partial charge in [0.1, 0.15) is 0 Å². The van der Waals surface area contributed by atoms with E-state index in [0.717, 1.165) is 60.6 Å². The zero-order valence-electron chi connectivity index (χ0n) is 20.3. The number of fused-ring (bicyclic) bond motifs is 1. The van der Waals surface area contributed by atoms with Gasteiger partial charge in [-0.15, -0.1) is 11.8 Å². The van der Waals surface area contributed by atoms with Crippen LogP contribution in [0.4, 0.5) is 0 Å². The average Bonchev–Trinajstić information content (AvgIpc) is 3.25. The summed E-state index contributed by atoms with van der Waals surface area (Å²) < 4.78 is 1.69. The zero-order valence-corrected chi connectivity index (χ0v) is 21.9. The first-order valence-corrected chi connectivity index (χ1v) is 14.2. The van der Waals surface area contributed by atoms with Crippen molar-refractivity contribution in [3.63, 3.8) is 0 Å². The second-order valence-electron chi connectivity index (χ2n) is 9.58. The first-order chi connectivity index (χ1) is 17.0. The molecule has 5 nitrogen and oxygen atoms in total.